The lowest BCUT2D eigenvalue weighted by Gasteiger charge is -2.35. The van der Waals surface area contributed by atoms with E-state index >= 15 is 0 Å². The first-order valence-corrected chi connectivity index (χ1v) is 20.5. The predicted octanol–water partition coefficient (Wildman–Crippen LogP) is 3.75. The SMILES string of the molecule is Cc1nc(Nc2ncc(C(=O)Nc3c(C)cccc3Cl)s2)cc(N2CCN(C(=O)CCOCCOCCOc3cccc4c3C(=O)N(C3CCC(=O)NC3=O)C4=O)CC2)n1. The molecule has 2 aromatic heterocycles. The van der Waals surface area contributed by atoms with Gasteiger partial charge < -0.3 is 34.6 Å². The zero-order valence-corrected chi connectivity index (χ0v) is 34.4. The van der Waals surface area contributed by atoms with Crippen LogP contribution in [0, 0.1) is 13.8 Å². The van der Waals surface area contributed by atoms with Gasteiger partial charge in [0.05, 0.1) is 60.9 Å². The van der Waals surface area contributed by atoms with Crippen LogP contribution in [0.2, 0.25) is 5.02 Å². The largest absolute Gasteiger partial charge is 0.490 e. The summed E-state index contributed by atoms with van der Waals surface area (Å²) in [5.74, 6) is -0.718. The molecule has 2 saturated heterocycles. The number of carbonyl (C=O) groups excluding carboxylic acids is 6. The van der Waals surface area contributed by atoms with Crippen LogP contribution in [0.15, 0.2) is 48.7 Å². The topological polar surface area (TPSA) is 215 Å². The Kier molecular flexibility index (Phi) is 13.3. The van der Waals surface area contributed by atoms with E-state index in [1.165, 1.54) is 23.6 Å². The monoisotopic (exact) mass is 859 g/mol. The van der Waals surface area contributed by atoms with Gasteiger partial charge in [0, 0.05) is 38.7 Å². The second-order valence-electron chi connectivity index (χ2n) is 14.0. The molecular formula is C40H42ClN9O9S. The number of piperidine rings is 1. The molecule has 2 aromatic carbocycles. The molecule has 6 amide bonds. The molecule has 314 valence electrons. The van der Waals surface area contributed by atoms with Crippen molar-refractivity contribution in [3.63, 3.8) is 0 Å². The summed E-state index contributed by atoms with van der Waals surface area (Å²) in [4.78, 5) is 94.6. The number of carbonyl (C=O) groups is 6. The van der Waals surface area contributed by atoms with E-state index in [0.717, 1.165) is 10.5 Å². The van der Waals surface area contributed by atoms with Crippen LogP contribution in [0.25, 0.3) is 0 Å². The number of nitrogens with zero attached hydrogens (tertiary/aromatic N) is 6. The number of hydrogen-bond acceptors (Lipinski definition) is 15. The van der Waals surface area contributed by atoms with E-state index in [0.29, 0.717) is 64.4 Å². The van der Waals surface area contributed by atoms with Crippen molar-refractivity contribution in [2.45, 2.75) is 39.2 Å². The Morgan fingerprint density at radius 3 is 2.45 bits per heavy atom. The quantitative estimate of drug-likeness (QED) is 0.108. The van der Waals surface area contributed by atoms with E-state index in [4.69, 9.17) is 25.8 Å². The second-order valence-corrected chi connectivity index (χ2v) is 15.5. The highest BCUT2D eigenvalue weighted by atomic mass is 35.5. The van der Waals surface area contributed by atoms with Gasteiger partial charge in [0.15, 0.2) is 5.13 Å². The molecule has 5 heterocycles. The molecule has 0 aliphatic carbocycles. The summed E-state index contributed by atoms with van der Waals surface area (Å²) in [6.07, 6.45) is 1.81. The van der Waals surface area contributed by atoms with Crippen LogP contribution < -0.4 is 25.6 Å². The fraction of sp³-hybridized carbons (Fsp3) is 0.375. The highest BCUT2D eigenvalue weighted by Gasteiger charge is 2.46. The predicted molar refractivity (Wildman–Crippen MR) is 220 cm³/mol. The number of piperazine rings is 1. The van der Waals surface area contributed by atoms with Crippen molar-refractivity contribution in [2.75, 3.05) is 74.7 Å². The number of halogens is 1. The molecule has 0 saturated carbocycles. The number of aromatic nitrogens is 3. The maximum absolute atomic E-state index is 13.2. The maximum Gasteiger partial charge on any atom is 0.267 e. The van der Waals surface area contributed by atoms with Gasteiger partial charge in [-0.3, -0.25) is 39.0 Å². The number of anilines is 4. The van der Waals surface area contributed by atoms with Gasteiger partial charge in [-0.05, 0) is 44.0 Å². The Morgan fingerprint density at radius 2 is 1.68 bits per heavy atom. The number of amides is 6. The first-order valence-electron chi connectivity index (χ1n) is 19.3. The molecule has 20 heteroatoms. The van der Waals surface area contributed by atoms with Crippen LogP contribution in [0.1, 0.15) is 61.0 Å². The van der Waals surface area contributed by atoms with Crippen LogP contribution in [0.3, 0.4) is 0 Å². The van der Waals surface area contributed by atoms with Crippen molar-refractivity contribution in [1.82, 2.24) is 30.1 Å². The van der Waals surface area contributed by atoms with Crippen LogP contribution in [0.4, 0.5) is 22.5 Å². The third-order valence-corrected chi connectivity index (χ3v) is 11.2. The number of thiazole rings is 1. The molecule has 4 aromatic rings. The third-order valence-electron chi connectivity index (χ3n) is 9.95. The Hall–Kier alpha value is -6.02. The average molecular weight is 860 g/mol. The molecule has 0 bridgehead atoms. The molecule has 0 spiro atoms. The minimum atomic E-state index is -1.06. The molecule has 3 aliphatic rings. The number of benzene rings is 2. The Bertz CT molecular complexity index is 2300. The highest BCUT2D eigenvalue weighted by molar-refractivity contribution is 7.17. The van der Waals surface area contributed by atoms with Crippen LogP contribution >= 0.6 is 22.9 Å². The number of imide groups is 2. The van der Waals surface area contributed by atoms with Gasteiger partial charge in [0.2, 0.25) is 17.7 Å². The molecule has 0 radical (unpaired) electrons. The van der Waals surface area contributed by atoms with E-state index in [1.807, 2.05) is 25.1 Å². The summed E-state index contributed by atoms with van der Waals surface area (Å²) < 4.78 is 17.0. The fourth-order valence-corrected chi connectivity index (χ4v) is 7.92. The average Bonchev–Trinajstić information content (AvgIpc) is 3.80. The summed E-state index contributed by atoms with van der Waals surface area (Å²) in [5, 5.41) is 9.16. The first kappa shape index (κ1) is 42.1. The van der Waals surface area contributed by atoms with Crippen molar-refractivity contribution >= 4 is 80.8 Å². The molecule has 18 nitrogen and oxygen atoms in total. The highest BCUT2D eigenvalue weighted by Crippen LogP contribution is 2.34. The zero-order chi connectivity index (χ0) is 42.3. The van der Waals surface area contributed by atoms with Gasteiger partial charge in [-0.1, -0.05) is 41.1 Å². The van der Waals surface area contributed by atoms with Gasteiger partial charge in [-0.25, -0.2) is 15.0 Å². The molecule has 2 fully saturated rings. The number of fused-ring (bicyclic) bond motifs is 1. The second kappa shape index (κ2) is 18.9. The van der Waals surface area contributed by atoms with Crippen LogP contribution in [-0.2, 0) is 23.9 Å². The van der Waals surface area contributed by atoms with E-state index in [1.54, 1.807) is 30.0 Å². The standard InChI is InChI=1S/C40H42ClN9O9S/c1-23-5-3-7-26(41)35(23)47-37(54)29-22-42-40(60-29)45-30-21-31(44-24(2)43-30)48-12-14-49(15-13-48)33(52)11-16-57-17-18-58-19-20-59-28-8-4-6-25-34(28)39(56)50(38(25)55)27-9-10-32(51)46-36(27)53/h3-8,21-22,27H,9-20H2,1-2H3,(H,47,54)(H,46,51,53)(H,42,43,44,45). The van der Waals surface area contributed by atoms with E-state index in [-0.39, 0.29) is 81.0 Å². The zero-order valence-electron chi connectivity index (χ0n) is 32.8. The number of ether oxygens (including phenoxy) is 3. The Balaban J connectivity index is 0.785. The van der Waals surface area contributed by atoms with Gasteiger partial charge in [0.25, 0.3) is 17.7 Å². The molecule has 7 rings (SSSR count). The number of para-hydroxylation sites is 1. The Morgan fingerprint density at radius 1 is 0.933 bits per heavy atom. The van der Waals surface area contributed by atoms with Gasteiger partial charge in [-0.15, -0.1) is 0 Å². The molecule has 1 unspecified atom stereocenters. The summed E-state index contributed by atoms with van der Waals surface area (Å²) in [7, 11) is 0. The number of rotatable bonds is 16. The minimum absolute atomic E-state index is 0.0157. The fourth-order valence-electron chi connectivity index (χ4n) is 6.93. The van der Waals surface area contributed by atoms with Crippen molar-refractivity contribution in [3.8, 4) is 5.75 Å². The van der Waals surface area contributed by atoms with E-state index in [9.17, 15) is 28.8 Å². The van der Waals surface area contributed by atoms with Gasteiger partial charge in [-0.2, -0.15) is 0 Å². The number of aryl methyl sites for hydroxylation is 2. The molecule has 60 heavy (non-hydrogen) atoms. The lowest BCUT2D eigenvalue weighted by Crippen LogP contribution is -2.54. The lowest BCUT2D eigenvalue weighted by molar-refractivity contribution is -0.136. The van der Waals surface area contributed by atoms with Crippen LogP contribution in [0.5, 0.6) is 5.75 Å². The first-order chi connectivity index (χ1) is 29.0. The van der Waals surface area contributed by atoms with Gasteiger partial charge >= 0.3 is 0 Å². The van der Waals surface area contributed by atoms with E-state index < -0.39 is 29.7 Å². The Labute approximate surface area is 353 Å². The summed E-state index contributed by atoms with van der Waals surface area (Å²) in [6, 6.07) is 10.8. The minimum Gasteiger partial charge on any atom is -0.490 e. The van der Waals surface area contributed by atoms with Crippen LogP contribution in [-0.4, -0.2) is 125 Å². The van der Waals surface area contributed by atoms with Crippen molar-refractivity contribution in [1.29, 1.82) is 0 Å². The lowest BCUT2D eigenvalue weighted by atomic mass is 10.0. The summed E-state index contributed by atoms with van der Waals surface area (Å²) in [6.45, 7) is 6.86. The normalized spacial score (nSPS) is 16.5. The van der Waals surface area contributed by atoms with E-state index in [2.05, 4.69) is 35.8 Å². The smallest absolute Gasteiger partial charge is 0.267 e. The molecule has 1 atom stereocenters. The van der Waals surface area contributed by atoms with Crippen molar-refractivity contribution in [2.24, 2.45) is 0 Å². The molecule has 3 N–H and O–H groups in total. The number of hydrogen-bond donors (Lipinski definition) is 3. The molecule has 3 aliphatic heterocycles. The number of nitrogens with one attached hydrogen (secondary N) is 3. The molecular weight excluding hydrogens is 818 g/mol. The third kappa shape index (κ3) is 9.71. The van der Waals surface area contributed by atoms with Crippen molar-refractivity contribution in [3.05, 3.63) is 81.1 Å². The maximum atomic E-state index is 13.2. The summed E-state index contributed by atoms with van der Waals surface area (Å²) >= 11 is 7.46. The van der Waals surface area contributed by atoms with Gasteiger partial charge in [0.1, 0.15) is 40.7 Å². The summed E-state index contributed by atoms with van der Waals surface area (Å²) in [5.41, 5.74) is 1.61. The van der Waals surface area contributed by atoms with Crippen molar-refractivity contribution < 1.29 is 43.0 Å².